The van der Waals surface area contributed by atoms with Crippen molar-refractivity contribution in [2.75, 3.05) is 11.4 Å². The fraction of sp³-hybridized carbons (Fsp3) is 0.280. The van der Waals surface area contributed by atoms with Crippen LogP contribution in [-0.4, -0.2) is 35.3 Å². The van der Waals surface area contributed by atoms with E-state index in [0.717, 1.165) is 30.6 Å². The van der Waals surface area contributed by atoms with Gasteiger partial charge in [-0.3, -0.25) is 24.3 Å². The summed E-state index contributed by atoms with van der Waals surface area (Å²) in [4.78, 5) is 44.4. The van der Waals surface area contributed by atoms with Gasteiger partial charge in [0.1, 0.15) is 11.9 Å². The second-order valence-electron chi connectivity index (χ2n) is 8.05. The van der Waals surface area contributed by atoms with Crippen molar-refractivity contribution in [3.63, 3.8) is 0 Å². The Morgan fingerprint density at radius 3 is 2.56 bits per heavy atom. The molecular formula is C25H25FN4O4. The molecule has 0 bridgehead atoms. The minimum absolute atomic E-state index is 0.0112. The third-order valence-electron chi connectivity index (χ3n) is 5.73. The standard InChI is InChI=1S/C25H25FN4O4/c26-19-10-3-4-11-20(19)30(22(31)16-28-24(32)21-12-6-14-34-21)23(17-7-5-13-27-15-17)25(33)29-18-8-1-2-9-18/h3-7,10-15,18,23H,1-2,8-9,16H2,(H,28,32)(H,29,33)/t23-/m0/s1. The summed E-state index contributed by atoms with van der Waals surface area (Å²) < 4.78 is 20.0. The van der Waals surface area contributed by atoms with Crippen LogP contribution in [0.1, 0.15) is 47.8 Å². The quantitative estimate of drug-likeness (QED) is 0.532. The molecule has 2 aromatic heterocycles. The minimum atomic E-state index is -1.18. The lowest BCUT2D eigenvalue weighted by atomic mass is 10.0. The van der Waals surface area contributed by atoms with Crippen molar-refractivity contribution in [1.29, 1.82) is 0 Å². The lowest BCUT2D eigenvalue weighted by Gasteiger charge is -2.32. The second kappa shape index (κ2) is 10.7. The monoisotopic (exact) mass is 464 g/mol. The summed E-state index contributed by atoms with van der Waals surface area (Å²) in [6.45, 7) is -0.471. The normalized spacial score (nSPS) is 14.4. The zero-order valence-electron chi connectivity index (χ0n) is 18.4. The molecule has 0 unspecified atom stereocenters. The minimum Gasteiger partial charge on any atom is -0.459 e. The molecule has 176 valence electrons. The maximum Gasteiger partial charge on any atom is 0.287 e. The van der Waals surface area contributed by atoms with E-state index in [1.807, 2.05) is 0 Å². The molecule has 3 amide bonds. The van der Waals surface area contributed by atoms with Crippen LogP contribution in [0.4, 0.5) is 10.1 Å². The van der Waals surface area contributed by atoms with Gasteiger partial charge in [-0.1, -0.05) is 31.0 Å². The van der Waals surface area contributed by atoms with E-state index in [9.17, 15) is 18.8 Å². The number of hydrogen-bond donors (Lipinski definition) is 2. The first-order chi connectivity index (χ1) is 16.5. The van der Waals surface area contributed by atoms with Crippen molar-refractivity contribution < 1.29 is 23.2 Å². The lowest BCUT2D eigenvalue weighted by Crippen LogP contribution is -2.49. The summed E-state index contributed by atoms with van der Waals surface area (Å²) in [5, 5.41) is 5.48. The Hall–Kier alpha value is -4.01. The molecule has 0 spiro atoms. The predicted octanol–water partition coefficient (Wildman–Crippen LogP) is 3.38. The van der Waals surface area contributed by atoms with Gasteiger partial charge in [0.2, 0.25) is 11.8 Å². The molecule has 1 aliphatic carbocycles. The summed E-state index contributed by atoms with van der Waals surface area (Å²) in [6, 6.07) is 10.8. The highest BCUT2D eigenvalue weighted by Gasteiger charge is 2.35. The molecule has 34 heavy (non-hydrogen) atoms. The number of furan rings is 1. The molecule has 1 fully saturated rings. The fourth-order valence-corrected chi connectivity index (χ4v) is 4.11. The van der Waals surface area contributed by atoms with Gasteiger partial charge >= 0.3 is 0 Å². The summed E-state index contributed by atoms with van der Waals surface area (Å²) in [7, 11) is 0. The van der Waals surface area contributed by atoms with E-state index >= 15 is 0 Å². The third-order valence-corrected chi connectivity index (χ3v) is 5.73. The Morgan fingerprint density at radius 1 is 1.09 bits per heavy atom. The fourth-order valence-electron chi connectivity index (χ4n) is 4.11. The van der Waals surface area contributed by atoms with Gasteiger partial charge in [-0.2, -0.15) is 0 Å². The van der Waals surface area contributed by atoms with E-state index in [0.29, 0.717) is 5.56 Å². The Morgan fingerprint density at radius 2 is 1.88 bits per heavy atom. The maximum atomic E-state index is 14.9. The maximum absolute atomic E-state index is 14.9. The number of carbonyl (C=O) groups excluding carboxylic acids is 3. The van der Waals surface area contributed by atoms with Crippen molar-refractivity contribution >= 4 is 23.4 Å². The van der Waals surface area contributed by atoms with Gasteiger partial charge in [0, 0.05) is 24.0 Å². The van der Waals surface area contributed by atoms with Crippen molar-refractivity contribution in [3.05, 3.63) is 84.3 Å². The number of para-hydroxylation sites is 1. The molecule has 9 heteroatoms. The molecule has 8 nitrogen and oxygen atoms in total. The highest BCUT2D eigenvalue weighted by molar-refractivity contribution is 6.04. The van der Waals surface area contributed by atoms with E-state index in [1.54, 1.807) is 30.5 Å². The molecule has 4 rings (SSSR count). The molecule has 0 radical (unpaired) electrons. The highest BCUT2D eigenvalue weighted by Crippen LogP contribution is 2.30. The lowest BCUT2D eigenvalue weighted by molar-refractivity contribution is -0.126. The molecule has 0 aliphatic heterocycles. The van der Waals surface area contributed by atoms with Crippen LogP contribution < -0.4 is 15.5 Å². The summed E-state index contributed by atoms with van der Waals surface area (Å²) in [5.41, 5.74) is 0.349. The van der Waals surface area contributed by atoms with E-state index < -0.39 is 36.1 Å². The van der Waals surface area contributed by atoms with Crippen LogP contribution in [0.3, 0.4) is 0 Å². The number of carbonyl (C=O) groups is 3. The van der Waals surface area contributed by atoms with E-state index in [4.69, 9.17) is 4.42 Å². The van der Waals surface area contributed by atoms with Crippen molar-refractivity contribution in [2.24, 2.45) is 0 Å². The average molecular weight is 464 g/mol. The molecular weight excluding hydrogens is 439 g/mol. The Kier molecular flexibility index (Phi) is 7.31. The van der Waals surface area contributed by atoms with Crippen molar-refractivity contribution in [2.45, 2.75) is 37.8 Å². The molecule has 1 aromatic carbocycles. The van der Waals surface area contributed by atoms with Crippen LogP contribution in [0.2, 0.25) is 0 Å². The van der Waals surface area contributed by atoms with Crippen molar-refractivity contribution in [3.8, 4) is 0 Å². The van der Waals surface area contributed by atoms with Gasteiger partial charge in [0.15, 0.2) is 5.76 Å². The number of nitrogens with zero attached hydrogens (tertiary/aromatic N) is 2. The smallest absolute Gasteiger partial charge is 0.287 e. The Balaban J connectivity index is 1.67. The topological polar surface area (TPSA) is 105 Å². The Bertz CT molecular complexity index is 1130. The van der Waals surface area contributed by atoms with Gasteiger partial charge in [-0.15, -0.1) is 0 Å². The van der Waals surface area contributed by atoms with Gasteiger partial charge in [-0.25, -0.2) is 4.39 Å². The SMILES string of the molecule is O=C(NCC(=O)N(c1ccccc1F)[C@H](C(=O)NC1CCCC1)c1cccnc1)c1ccco1. The van der Waals surface area contributed by atoms with Crippen LogP contribution >= 0.6 is 0 Å². The number of halogens is 1. The van der Waals surface area contributed by atoms with Crippen LogP contribution in [0.5, 0.6) is 0 Å². The van der Waals surface area contributed by atoms with Gasteiger partial charge in [0.25, 0.3) is 5.91 Å². The molecule has 0 saturated heterocycles. The molecule has 2 heterocycles. The number of aromatic nitrogens is 1. The number of benzene rings is 1. The summed E-state index contributed by atoms with van der Waals surface area (Å²) in [5.74, 6) is -2.33. The largest absolute Gasteiger partial charge is 0.459 e. The van der Waals surface area contributed by atoms with E-state index in [1.165, 1.54) is 36.7 Å². The number of rotatable bonds is 8. The van der Waals surface area contributed by atoms with Gasteiger partial charge in [0.05, 0.1) is 18.5 Å². The predicted molar refractivity (Wildman–Crippen MR) is 122 cm³/mol. The number of hydrogen-bond acceptors (Lipinski definition) is 5. The first-order valence-electron chi connectivity index (χ1n) is 11.1. The zero-order valence-corrected chi connectivity index (χ0v) is 18.4. The molecule has 1 aliphatic rings. The summed E-state index contributed by atoms with van der Waals surface area (Å²) in [6.07, 6.45) is 8.08. The van der Waals surface area contributed by atoms with Crippen LogP contribution in [0.15, 0.2) is 71.6 Å². The third kappa shape index (κ3) is 5.31. The zero-order chi connectivity index (χ0) is 23.9. The van der Waals surface area contributed by atoms with Gasteiger partial charge < -0.3 is 15.1 Å². The van der Waals surface area contributed by atoms with E-state index in [2.05, 4.69) is 15.6 Å². The van der Waals surface area contributed by atoms with Crippen LogP contribution in [0, 0.1) is 5.82 Å². The second-order valence-corrected chi connectivity index (χ2v) is 8.05. The van der Waals surface area contributed by atoms with Crippen LogP contribution in [-0.2, 0) is 9.59 Å². The van der Waals surface area contributed by atoms with Crippen LogP contribution in [0.25, 0.3) is 0 Å². The molecule has 1 atom stereocenters. The van der Waals surface area contributed by atoms with E-state index in [-0.39, 0.29) is 17.5 Å². The summed E-state index contributed by atoms with van der Waals surface area (Å²) >= 11 is 0. The Labute approximate surface area is 196 Å². The highest BCUT2D eigenvalue weighted by atomic mass is 19.1. The number of nitrogens with one attached hydrogen (secondary N) is 2. The van der Waals surface area contributed by atoms with Gasteiger partial charge in [-0.05, 0) is 43.2 Å². The first-order valence-corrected chi connectivity index (χ1v) is 11.1. The first kappa shape index (κ1) is 23.2. The number of anilines is 1. The average Bonchev–Trinajstić information content (AvgIpc) is 3.56. The number of pyridine rings is 1. The molecule has 1 saturated carbocycles. The molecule has 3 aromatic rings. The number of amides is 3. The van der Waals surface area contributed by atoms with Crippen molar-refractivity contribution in [1.82, 2.24) is 15.6 Å². The molecule has 2 N–H and O–H groups in total.